The number of ketones is 1. The first kappa shape index (κ1) is 13.6. The Morgan fingerprint density at radius 3 is 2.80 bits per heavy atom. The van der Waals surface area contributed by atoms with Crippen LogP contribution in [-0.2, 0) is 0 Å². The number of piperidine rings is 1. The average Bonchev–Trinajstić information content (AvgIpc) is 2.41. The summed E-state index contributed by atoms with van der Waals surface area (Å²) in [4.78, 5) is 14.7. The SMILES string of the molecule is CCCN1CCC2(CC1)CC(=O)c1ccc(F)cc1O2. The number of fused-ring (bicyclic) bond motifs is 1. The lowest BCUT2D eigenvalue weighted by Gasteiger charge is -2.44. The first-order valence-corrected chi connectivity index (χ1v) is 7.36. The Morgan fingerprint density at radius 1 is 1.35 bits per heavy atom. The number of carbonyl (C=O) groups excluding carboxylic acids is 1. The van der Waals surface area contributed by atoms with Crippen LogP contribution in [0.15, 0.2) is 18.2 Å². The molecule has 1 spiro atoms. The summed E-state index contributed by atoms with van der Waals surface area (Å²) >= 11 is 0. The van der Waals surface area contributed by atoms with Crippen LogP contribution in [0.3, 0.4) is 0 Å². The van der Waals surface area contributed by atoms with Crippen LogP contribution in [-0.4, -0.2) is 35.9 Å². The van der Waals surface area contributed by atoms with Gasteiger partial charge in [0.2, 0.25) is 0 Å². The topological polar surface area (TPSA) is 29.5 Å². The van der Waals surface area contributed by atoms with E-state index < -0.39 is 5.60 Å². The van der Waals surface area contributed by atoms with E-state index in [1.807, 2.05) is 0 Å². The number of carbonyl (C=O) groups is 1. The van der Waals surface area contributed by atoms with E-state index in [0.717, 1.165) is 38.9 Å². The van der Waals surface area contributed by atoms with Gasteiger partial charge in [-0.25, -0.2) is 4.39 Å². The second-order valence-electron chi connectivity index (χ2n) is 5.87. The van der Waals surface area contributed by atoms with Gasteiger partial charge in [0.1, 0.15) is 17.2 Å². The number of benzene rings is 1. The van der Waals surface area contributed by atoms with Gasteiger partial charge in [-0.3, -0.25) is 4.79 Å². The Hall–Kier alpha value is -1.42. The summed E-state index contributed by atoms with van der Waals surface area (Å²) in [6.07, 6.45) is 3.25. The Kier molecular flexibility index (Phi) is 3.50. The normalized spacial score (nSPS) is 21.6. The molecule has 2 heterocycles. The van der Waals surface area contributed by atoms with E-state index in [9.17, 15) is 9.18 Å². The third-order valence-electron chi connectivity index (χ3n) is 4.36. The second-order valence-corrected chi connectivity index (χ2v) is 5.87. The lowest BCUT2D eigenvalue weighted by molar-refractivity contribution is -0.00906. The van der Waals surface area contributed by atoms with Crippen molar-refractivity contribution in [2.24, 2.45) is 0 Å². The molecule has 3 nitrogen and oxygen atoms in total. The van der Waals surface area contributed by atoms with Crippen LogP contribution >= 0.6 is 0 Å². The molecule has 0 atom stereocenters. The lowest BCUT2D eigenvalue weighted by atomic mass is 9.82. The van der Waals surface area contributed by atoms with Gasteiger partial charge < -0.3 is 9.64 Å². The first-order chi connectivity index (χ1) is 9.62. The average molecular weight is 277 g/mol. The van der Waals surface area contributed by atoms with Crippen LogP contribution in [0.1, 0.15) is 43.0 Å². The van der Waals surface area contributed by atoms with Crippen molar-refractivity contribution in [3.05, 3.63) is 29.6 Å². The number of halogens is 1. The summed E-state index contributed by atoms with van der Waals surface area (Å²) in [5.74, 6) is 0.150. The Bertz CT molecular complexity index is 521. The lowest BCUT2D eigenvalue weighted by Crippen LogP contribution is -2.51. The van der Waals surface area contributed by atoms with Crippen molar-refractivity contribution in [2.45, 2.75) is 38.2 Å². The highest BCUT2D eigenvalue weighted by Crippen LogP contribution is 2.39. The van der Waals surface area contributed by atoms with Crippen LogP contribution in [0.5, 0.6) is 5.75 Å². The quantitative estimate of drug-likeness (QED) is 0.832. The molecule has 0 amide bonds. The van der Waals surface area contributed by atoms with Crippen LogP contribution in [0.2, 0.25) is 0 Å². The molecular weight excluding hydrogens is 257 g/mol. The number of hydrogen-bond donors (Lipinski definition) is 0. The van der Waals surface area contributed by atoms with Crippen LogP contribution < -0.4 is 4.74 Å². The maximum Gasteiger partial charge on any atom is 0.170 e. The van der Waals surface area contributed by atoms with Gasteiger partial charge in [0, 0.05) is 32.0 Å². The molecule has 1 saturated heterocycles. The summed E-state index contributed by atoms with van der Waals surface area (Å²) in [6.45, 7) is 5.16. The number of rotatable bonds is 2. The van der Waals surface area contributed by atoms with E-state index in [2.05, 4.69) is 11.8 Å². The van der Waals surface area contributed by atoms with Gasteiger partial charge in [-0.2, -0.15) is 0 Å². The van der Waals surface area contributed by atoms with Gasteiger partial charge in [-0.15, -0.1) is 0 Å². The van der Waals surface area contributed by atoms with Crippen molar-refractivity contribution in [2.75, 3.05) is 19.6 Å². The molecule has 3 rings (SSSR count). The zero-order chi connectivity index (χ0) is 14.2. The molecule has 0 aliphatic carbocycles. The monoisotopic (exact) mass is 277 g/mol. The van der Waals surface area contributed by atoms with Gasteiger partial charge in [0.05, 0.1) is 12.0 Å². The number of likely N-dealkylation sites (tertiary alicyclic amines) is 1. The highest BCUT2D eigenvalue weighted by atomic mass is 19.1. The molecule has 1 aromatic rings. The maximum atomic E-state index is 13.3. The first-order valence-electron chi connectivity index (χ1n) is 7.36. The molecule has 0 aromatic heterocycles. The molecule has 4 heteroatoms. The molecule has 1 aromatic carbocycles. The summed E-state index contributed by atoms with van der Waals surface area (Å²) < 4.78 is 19.4. The summed E-state index contributed by atoms with van der Waals surface area (Å²) in [7, 11) is 0. The molecule has 0 saturated carbocycles. The number of hydrogen-bond acceptors (Lipinski definition) is 3. The van der Waals surface area contributed by atoms with Gasteiger partial charge in [0.15, 0.2) is 5.78 Å². The van der Waals surface area contributed by atoms with E-state index in [1.54, 1.807) is 0 Å². The van der Waals surface area contributed by atoms with Crippen molar-refractivity contribution < 1.29 is 13.9 Å². The largest absolute Gasteiger partial charge is 0.486 e. The van der Waals surface area contributed by atoms with Gasteiger partial charge >= 0.3 is 0 Å². The molecule has 0 N–H and O–H groups in total. The number of nitrogens with zero attached hydrogens (tertiary/aromatic N) is 1. The fourth-order valence-electron chi connectivity index (χ4n) is 3.25. The highest BCUT2D eigenvalue weighted by molar-refractivity contribution is 6.00. The van der Waals surface area contributed by atoms with E-state index in [0.29, 0.717) is 17.7 Å². The number of ether oxygens (including phenoxy) is 1. The molecule has 108 valence electrons. The molecule has 2 aliphatic rings. The van der Waals surface area contributed by atoms with Crippen molar-refractivity contribution in [3.8, 4) is 5.75 Å². The van der Waals surface area contributed by atoms with Crippen molar-refractivity contribution in [1.29, 1.82) is 0 Å². The fraction of sp³-hybridized carbons (Fsp3) is 0.562. The minimum absolute atomic E-state index is 0.0789. The van der Waals surface area contributed by atoms with E-state index in [4.69, 9.17) is 4.74 Å². The molecular formula is C16H20FNO2. The molecule has 1 fully saturated rings. The summed E-state index contributed by atoms with van der Waals surface area (Å²) in [5.41, 5.74) is 0.107. The maximum absolute atomic E-state index is 13.3. The third-order valence-corrected chi connectivity index (χ3v) is 4.36. The van der Waals surface area contributed by atoms with E-state index >= 15 is 0 Å². The highest BCUT2D eigenvalue weighted by Gasteiger charge is 2.42. The van der Waals surface area contributed by atoms with Gasteiger partial charge in [-0.05, 0) is 25.1 Å². The fourth-order valence-corrected chi connectivity index (χ4v) is 3.25. The van der Waals surface area contributed by atoms with Crippen LogP contribution in [0, 0.1) is 5.82 Å². The minimum Gasteiger partial charge on any atom is -0.486 e. The Morgan fingerprint density at radius 2 is 2.10 bits per heavy atom. The third kappa shape index (κ3) is 2.44. The minimum atomic E-state index is -0.415. The summed E-state index contributed by atoms with van der Waals surface area (Å²) in [5, 5.41) is 0. The Labute approximate surface area is 118 Å². The van der Waals surface area contributed by atoms with Crippen LogP contribution in [0.4, 0.5) is 4.39 Å². The molecule has 0 radical (unpaired) electrons. The zero-order valence-corrected chi connectivity index (χ0v) is 11.8. The predicted octanol–water partition coefficient (Wildman–Crippen LogP) is 3.04. The molecule has 0 unspecified atom stereocenters. The zero-order valence-electron chi connectivity index (χ0n) is 11.8. The predicted molar refractivity (Wildman–Crippen MR) is 74.7 cm³/mol. The molecule has 0 bridgehead atoms. The molecule has 20 heavy (non-hydrogen) atoms. The van der Waals surface area contributed by atoms with Crippen LogP contribution in [0.25, 0.3) is 0 Å². The van der Waals surface area contributed by atoms with E-state index in [1.165, 1.54) is 18.2 Å². The molecule has 2 aliphatic heterocycles. The smallest absolute Gasteiger partial charge is 0.170 e. The Balaban J connectivity index is 1.79. The second kappa shape index (κ2) is 5.17. The van der Waals surface area contributed by atoms with Crippen molar-refractivity contribution in [3.63, 3.8) is 0 Å². The van der Waals surface area contributed by atoms with Gasteiger partial charge in [-0.1, -0.05) is 6.92 Å². The van der Waals surface area contributed by atoms with Crippen molar-refractivity contribution >= 4 is 5.78 Å². The summed E-state index contributed by atoms with van der Waals surface area (Å²) in [6, 6.07) is 4.20. The van der Waals surface area contributed by atoms with Crippen molar-refractivity contribution in [1.82, 2.24) is 4.90 Å². The standard InChI is InChI=1S/C16H20FNO2/c1-2-7-18-8-5-16(6-9-18)11-14(19)13-4-3-12(17)10-15(13)20-16/h3-4,10H,2,5-9,11H2,1H3. The number of Topliss-reactive ketones (excluding diaryl/α,β-unsaturated/α-hetero) is 1. The van der Waals surface area contributed by atoms with E-state index in [-0.39, 0.29) is 11.6 Å². The van der Waals surface area contributed by atoms with Gasteiger partial charge in [0.25, 0.3) is 0 Å².